The Hall–Kier alpha value is -3.44. The average molecular weight is 308 g/mol. The third-order valence-electron chi connectivity index (χ3n) is 4.07. The molecule has 0 saturated carbocycles. The highest BCUT2D eigenvalue weighted by Gasteiger charge is 2.17. The van der Waals surface area contributed by atoms with Gasteiger partial charge in [0.2, 0.25) is 0 Å². The van der Waals surface area contributed by atoms with Crippen molar-refractivity contribution in [3.63, 3.8) is 0 Å². The van der Waals surface area contributed by atoms with E-state index in [-0.39, 0.29) is 0 Å². The lowest BCUT2D eigenvalue weighted by Crippen LogP contribution is -2.09. The van der Waals surface area contributed by atoms with E-state index in [0.717, 1.165) is 44.6 Å². The molecule has 0 N–H and O–H groups in total. The Kier molecular flexibility index (Phi) is 2.74. The zero-order valence-electron chi connectivity index (χ0n) is 12.7. The second-order valence-electron chi connectivity index (χ2n) is 5.69. The van der Waals surface area contributed by atoms with Crippen LogP contribution in [-0.2, 0) is 0 Å². The number of benzene rings is 3. The molecule has 2 nitrogen and oxygen atoms in total. The molecule has 2 aliphatic heterocycles. The van der Waals surface area contributed by atoms with Gasteiger partial charge in [-0.05, 0) is 0 Å². The summed E-state index contributed by atoms with van der Waals surface area (Å²) in [6.07, 6.45) is 0. The molecule has 0 amide bonds. The van der Waals surface area contributed by atoms with Crippen molar-refractivity contribution < 1.29 is 9.47 Å². The Balaban J connectivity index is 1.64. The van der Waals surface area contributed by atoms with Gasteiger partial charge in [0.15, 0.2) is 11.5 Å². The van der Waals surface area contributed by atoms with Crippen LogP contribution in [0.5, 0.6) is 11.5 Å². The molecular formula is C22H12O2. The zero-order chi connectivity index (χ0) is 15.9. The van der Waals surface area contributed by atoms with Crippen molar-refractivity contribution >= 4 is 23.0 Å². The Morgan fingerprint density at radius 2 is 0.958 bits per heavy atom. The molecule has 3 aromatic rings. The first-order valence-electron chi connectivity index (χ1n) is 7.79. The fourth-order valence-electron chi connectivity index (χ4n) is 2.88. The van der Waals surface area contributed by atoms with Crippen LogP contribution in [-0.4, -0.2) is 0 Å². The predicted molar refractivity (Wildman–Crippen MR) is 93.5 cm³/mol. The van der Waals surface area contributed by atoms with E-state index in [1.165, 1.54) is 0 Å². The topological polar surface area (TPSA) is 18.5 Å². The van der Waals surface area contributed by atoms with E-state index in [9.17, 15) is 0 Å². The largest absolute Gasteiger partial charge is 0.447 e. The summed E-state index contributed by atoms with van der Waals surface area (Å²) in [5, 5.41) is 1.81. The molecule has 5 rings (SSSR count). The number of fused-ring (bicyclic) bond motifs is 2. The first-order chi connectivity index (χ1) is 11.9. The lowest BCUT2D eigenvalue weighted by Gasteiger charge is -2.05. The molecule has 112 valence electrons. The standard InChI is InChI=1S/C22H12O2/c1-3-7-15(8-4-1)19-11-17-13-22-18(14-21(17)23-19)12-20(24-22)16-9-5-2-6-10-16/h1-10,13-14H. The minimum absolute atomic E-state index is 0.738. The zero-order valence-corrected chi connectivity index (χ0v) is 12.7. The van der Waals surface area contributed by atoms with E-state index in [1.807, 2.05) is 72.8 Å². The van der Waals surface area contributed by atoms with Crippen LogP contribution in [0.1, 0.15) is 11.1 Å². The van der Waals surface area contributed by atoms with Crippen molar-refractivity contribution in [1.82, 2.24) is 0 Å². The summed E-state index contributed by atoms with van der Waals surface area (Å²) in [6, 6.07) is 23.9. The fraction of sp³-hybridized carbons (Fsp3) is 0. The minimum atomic E-state index is 0.738. The molecular weight excluding hydrogens is 296 g/mol. The molecule has 0 aliphatic carbocycles. The summed E-state index contributed by atoms with van der Waals surface area (Å²) >= 11 is 0. The fourth-order valence-corrected chi connectivity index (χ4v) is 2.88. The second kappa shape index (κ2) is 5.04. The molecule has 0 saturated heterocycles. The molecule has 0 aromatic heterocycles. The van der Waals surface area contributed by atoms with Gasteiger partial charge in [-0.15, -0.1) is 0 Å². The molecule has 0 radical (unpaired) electrons. The van der Waals surface area contributed by atoms with Gasteiger partial charge in [-0.3, -0.25) is 0 Å². The molecule has 0 spiro atoms. The van der Waals surface area contributed by atoms with Gasteiger partial charge in [-0.25, -0.2) is 0 Å². The lowest BCUT2D eigenvalue weighted by molar-refractivity contribution is 0.508. The second-order valence-corrected chi connectivity index (χ2v) is 5.69. The quantitative estimate of drug-likeness (QED) is 0.723. The van der Waals surface area contributed by atoms with Crippen molar-refractivity contribution in [3.8, 4) is 11.5 Å². The minimum Gasteiger partial charge on any atom is -0.447 e. The molecule has 24 heavy (non-hydrogen) atoms. The number of hydrogen-bond acceptors (Lipinski definition) is 2. The van der Waals surface area contributed by atoms with E-state index >= 15 is 0 Å². The van der Waals surface area contributed by atoms with Crippen LogP contribution in [0.4, 0.5) is 0 Å². The Morgan fingerprint density at radius 3 is 1.38 bits per heavy atom. The van der Waals surface area contributed by atoms with Crippen molar-refractivity contribution in [3.05, 3.63) is 94.4 Å². The maximum Gasteiger partial charge on any atom is 0.177 e. The van der Waals surface area contributed by atoms with E-state index in [1.54, 1.807) is 0 Å². The van der Waals surface area contributed by atoms with Gasteiger partial charge < -0.3 is 9.47 Å². The van der Waals surface area contributed by atoms with Gasteiger partial charge in [-0.1, -0.05) is 72.1 Å². The Labute approximate surface area is 138 Å². The third kappa shape index (κ3) is 2.07. The predicted octanol–water partition coefficient (Wildman–Crippen LogP) is 3.31. The summed E-state index contributed by atoms with van der Waals surface area (Å²) in [5.74, 6) is 3.05. The Morgan fingerprint density at radius 1 is 0.542 bits per heavy atom. The summed E-state index contributed by atoms with van der Waals surface area (Å²) in [7, 11) is 0. The van der Waals surface area contributed by atoms with Gasteiger partial charge in [0, 0.05) is 23.3 Å². The van der Waals surface area contributed by atoms with Crippen LogP contribution in [0.3, 0.4) is 0 Å². The average Bonchev–Trinajstić information content (AvgIpc) is 3.24. The monoisotopic (exact) mass is 308 g/mol. The van der Waals surface area contributed by atoms with Gasteiger partial charge in [0.25, 0.3) is 0 Å². The molecule has 0 bridgehead atoms. The number of hydrogen-bond donors (Lipinski definition) is 0. The van der Waals surface area contributed by atoms with E-state index in [2.05, 4.69) is 11.5 Å². The molecule has 3 aromatic carbocycles. The highest BCUT2D eigenvalue weighted by Crippen LogP contribution is 2.25. The van der Waals surface area contributed by atoms with Gasteiger partial charge in [-0.2, -0.15) is 0 Å². The SMILES string of the molecule is C1=C(c2ccccc2)Oc2cc3c(cc2=1)OC(c1ccccc1)=C=3. The molecule has 0 unspecified atom stereocenters. The maximum atomic E-state index is 5.96. The van der Waals surface area contributed by atoms with Crippen molar-refractivity contribution in [2.75, 3.05) is 0 Å². The molecule has 2 heteroatoms. The summed E-state index contributed by atoms with van der Waals surface area (Å²) < 4.78 is 11.9. The maximum absolute atomic E-state index is 5.96. The van der Waals surface area contributed by atoms with Crippen molar-refractivity contribution in [1.29, 1.82) is 0 Å². The van der Waals surface area contributed by atoms with Crippen molar-refractivity contribution in [2.24, 2.45) is 0 Å². The van der Waals surface area contributed by atoms with Crippen LogP contribution in [0.15, 0.2) is 72.8 Å². The first kappa shape index (κ1) is 13.0. The summed E-state index contributed by atoms with van der Waals surface area (Å²) in [5.41, 5.74) is 8.65. The number of ether oxygens (including phenoxy) is 2. The van der Waals surface area contributed by atoms with Gasteiger partial charge in [0.05, 0.1) is 10.4 Å². The van der Waals surface area contributed by atoms with Crippen LogP contribution >= 0.6 is 0 Å². The van der Waals surface area contributed by atoms with Crippen molar-refractivity contribution in [2.45, 2.75) is 0 Å². The highest BCUT2D eigenvalue weighted by molar-refractivity contribution is 5.77. The first-order valence-corrected chi connectivity index (χ1v) is 7.79. The molecule has 2 heterocycles. The summed E-state index contributed by atoms with van der Waals surface area (Å²) in [6.45, 7) is 0. The molecule has 0 atom stereocenters. The smallest absolute Gasteiger partial charge is 0.177 e. The van der Waals surface area contributed by atoms with E-state index in [0.29, 0.717) is 0 Å². The molecule has 0 fully saturated rings. The van der Waals surface area contributed by atoms with E-state index < -0.39 is 0 Å². The van der Waals surface area contributed by atoms with Gasteiger partial charge in [0.1, 0.15) is 11.5 Å². The van der Waals surface area contributed by atoms with Crippen LogP contribution in [0.25, 0.3) is 23.0 Å². The molecule has 2 aliphatic rings. The number of rotatable bonds is 2. The van der Waals surface area contributed by atoms with Crippen LogP contribution in [0, 0.1) is 0 Å². The highest BCUT2D eigenvalue weighted by atomic mass is 16.5. The lowest BCUT2D eigenvalue weighted by atomic mass is 10.2. The van der Waals surface area contributed by atoms with Crippen LogP contribution < -0.4 is 19.9 Å². The van der Waals surface area contributed by atoms with Crippen LogP contribution in [0.2, 0.25) is 0 Å². The third-order valence-corrected chi connectivity index (χ3v) is 4.07. The van der Waals surface area contributed by atoms with Gasteiger partial charge >= 0.3 is 0 Å². The van der Waals surface area contributed by atoms with E-state index in [4.69, 9.17) is 9.47 Å². The normalized spacial score (nSPS) is 13.5. The summed E-state index contributed by atoms with van der Waals surface area (Å²) in [4.78, 5) is 0. The Bertz CT molecular complexity index is 1050.